The first kappa shape index (κ1) is 43.5. The highest BCUT2D eigenvalue weighted by Crippen LogP contribution is 2.42. The number of imide groups is 2. The highest BCUT2D eigenvalue weighted by Gasteiger charge is 2.46. The van der Waals surface area contributed by atoms with Gasteiger partial charge in [0, 0.05) is 96.1 Å². The minimum atomic E-state index is -0.975. The number of nitrogens with one attached hydrogen (secondary N) is 3. The molecule has 338 valence electrons. The fourth-order valence-electron chi connectivity index (χ4n) is 10.5. The topological polar surface area (TPSA) is 201 Å². The second-order valence-electron chi connectivity index (χ2n) is 18.5. The number of hydrogen-bond acceptors (Lipinski definition) is 13. The van der Waals surface area contributed by atoms with Crippen molar-refractivity contribution in [2.45, 2.75) is 88.9 Å². The lowest BCUT2D eigenvalue weighted by molar-refractivity contribution is -0.136. The van der Waals surface area contributed by atoms with Gasteiger partial charge in [0.15, 0.2) is 0 Å². The van der Waals surface area contributed by atoms with Crippen LogP contribution in [0.25, 0.3) is 0 Å². The second-order valence-corrected chi connectivity index (χ2v) is 18.5. The summed E-state index contributed by atoms with van der Waals surface area (Å²) in [6.45, 7) is 8.38. The van der Waals surface area contributed by atoms with Crippen LogP contribution in [0.15, 0.2) is 54.9 Å². The number of benzene rings is 2. The van der Waals surface area contributed by atoms with E-state index in [0.29, 0.717) is 43.0 Å². The maximum absolute atomic E-state index is 13.3. The van der Waals surface area contributed by atoms with Gasteiger partial charge in [-0.3, -0.25) is 43.9 Å². The molecule has 9 rings (SSSR count). The van der Waals surface area contributed by atoms with Gasteiger partial charge in [0.2, 0.25) is 17.7 Å². The lowest BCUT2D eigenvalue weighted by atomic mass is 9.72. The van der Waals surface area contributed by atoms with Crippen LogP contribution in [0.1, 0.15) is 100 Å². The van der Waals surface area contributed by atoms with Crippen LogP contribution < -0.4 is 20.9 Å². The van der Waals surface area contributed by atoms with Crippen LogP contribution in [0.4, 0.5) is 11.5 Å². The van der Waals surface area contributed by atoms with Gasteiger partial charge in [-0.25, -0.2) is 9.97 Å². The molecule has 6 aliphatic heterocycles. The van der Waals surface area contributed by atoms with Gasteiger partial charge in [-0.1, -0.05) is 24.3 Å². The minimum absolute atomic E-state index is 0.0897. The predicted octanol–water partition coefficient (Wildman–Crippen LogP) is 2.20. The predicted molar refractivity (Wildman–Crippen MR) is 236 cm³/mol. The van der Waals surface area contributed by atoms with Crippen LogP contribution in [-0.2, 0) is 27.3 Å². The van der Waals surface area contributed by atoms with Crippen molar-refractivity contribution in [3.05, 3.63) is 82.8 Å². The molecule has 64 heavy (non-hydrogen) atoms. The molecule has 0 saturated carbocycles. The Labute approximate surface area is 372 Å². The van der Waals surface area contributed by atoms with Gasteiger partial charge >= 0.3 is 0 Å². The standard InChI is InChI=1S/C47H58N10O7/c58-35(27-53-18-12-31-5-1-2-6-32(31)26-53)25-48-43(61)38-24-40(50-30-49-38)51-33-13-19-56(20-14-33)42(60)7-3-4-17-54-28-47(29-54)15-21-55(22-16-47)34-8-9-36-37(23-34)46(64)57(45(36)63)39-10-11-41(59)52-44(39)62/h1-2,5-6,8-9,23-24,30,33,35,39,58H,3-4,7,10-22,25-29H2,(H,48,61)(H,49,50,51)(H,52,59,62)/t35-,39?/m0/s1. The molecule has 3 aromatic rings. The van der Waals surface area contributed by atoms with Gasteiger partial charge in [0.1, 0.15) is 23.9 Å². The number of unbranched alkanes of at least 4 members (excludes halogenated alkanes) is 1. The van der Waals surface area contributed by atoms with Crippen LogP contribution in [0.2, 0.25) is 0 Å². The van der Waals surface area contributed by atoms with E-state index in [1.54, 1.807) is 18.2 Å². The summed E-state index contributed by atoms with van der Waals surface area (Å²) in [4.78, 5) is 95.0. The van der Waals surface area contributed by atoms with Crippen molar-refractivity contribution >= 4 is 46.9 Å². The third kappa shape index (κ3) is 9.52. The molecule has 6 aliphatic rings. The van der Waals surface area contributed by atoms with Crippen LogP contribution in [0.5, 0.6) is 0 Å². The molecule has 6 amide bonds. The Kier molecular flexibility index (Phi) is 12.7. The van der Waals surface area contributed by atoms with Crippen molar-refractivity contribution in [3.8, 4) is 0 Å². The minimum Gasteiger partial charge on any atom is -0.390 e. The molecule has 17 nitrogen and oxygen atoms in total. The van der Waals surface area contributed by atoms with Crippen LogP contribution >= 0.6 is 0 Å². The zero-order valence-corrected chi connectivity index (χ0v) is 36.3. The van der Waals surface area contributed by atoms with E-state index in [2.05, 4.69) is 58.8 Å². The van der Waals surface area contributed by atoms with Gasteiger partial charge in [0.25, 0.3) is 17.7 Å². The van der Waals surface area contributed by atoms with E-state index in [0.717, 1.165) is 101 Å². The number of carbonyl (C=O) groups is 6. The lowest BCUT2D eigenvalue weighted by Gasteiger charge is -2.54. The van der Waals surface area contributed by atoms with E-state index in [4.69, 9.17) is 0 Å². The van der Waals surface area contributed by atoms with Gasteiger partial charge in [-0.2, -0.15) is 0 Å². The Morgan fingerprint density at radius 2 is 1.61 bits per heavy atom. The number of anilines is 2. The van der Waals surface area contributed by atoms with E-state index in [1.807, 2.05) is 17.0 Å². The first-order chi connectivity index (χ1) is 31.0. The number of aliphatic hydroxyl groups is 1. The van der Waals surface area contributed by atoms with Gasteiger partial charge < -0.3 is 30.4 Å². The zero-order valence-electron chi connectivity index (χ0n) is 36.3. The number of aliphatic hydroxyl groups excluding tert-OH is 1. The quantitative estimate of drug-likeness (QED) is 0.136. The van der Waals surface area contributed by atoms with Crippen molar-refractivity contribution in [3.63, 3.8) is 0 Å². The Morgan fingerprint density at radius 3 is 2.39 bits per heavy atom. The number of β-amino-alcohol motifs (C(OH)–C–C–N with tert-alkyl or cyclic N) is 1. The molecule has 1 unspecified atom stereocenters. The Morgan fingerprint density at radius 1 is 0.844 bits per heavy atom. The molecule has 1 spiro atoms. The van der Waals surface area contributed by atoms with Crippen molar-refractivity contribution in [2.24, 2.45) is 5.41 Å². The Balaban J connectivity index is 0.639. The number of amides is 6. The molecule has 17 heteroatoms. The van der Waals surface area contributed by atoms with E-state index in [-0.39, 0.29) is 48.4 Å². The molecule has 1 aromatic heterocycles. The van der Waals surface area contributed by atoms with Crippen LogP contribution in [0.3, 0.4) is 0 Å². The van der Waals surface area contributed by atoms with Crippen molar-refractivity contribution < 1.29 is 33.9 Å². The maximum Gasteiger partial charge on any atom is 0.270 e. The van der Waals surface area contributed by atoms with Crippen LogP contribution in [-0.4, -0.2) is 154 Å². The largest absolute Gasteiger partial charge is 0.390 e. The van der Waals surface area contributed by atoms with E-state index in [9.17, 15) is 33.9 Å². The highest BCUT2D eigenvalue weighted by atomic mass is 16.3. The van der Waals surface area contributed by atoms with E-state index >= 15 is 0 Å². The zero-order chi connectivity index (χ0) is 44.4. The fraction of sp³-hybridized carbons (Fsp3) is 0.532. The van der Waals surface area contributed by atoms with Crippen molar-refractivity contribution in [1.29, 1.82) is 0 Å². The average Bonchev–Trinajstić information content (AvgIpc) is 3.54. The lowest BCUT2D eigenvalue weighted by Crippen LogP contribution is -2.60. The molecular weight excluding hydrogens is 817 g/mol. The summed E-state index contributed by atoms with van der Waals surface area (Å²) < 4.78 is 0. The number of hydrogen-bond donors (Lipinski definition) is 4. The maximum atomic E-state index is 13.3. The van der Waals surface area contributed by atoms with Gasteiger partial charge in [0.05, 0.1) is 17.2 Å². The Bertz CT molecular complexity index is 2280. The molecule has 2 atom stereocenters. The summed E-state index contributed by atoms with van der Waals surface area (Å²) >= 11 is 0. The van der Waals surface area contributed by atoms with Crippen molar-refractivity contribution in [1.82, 2.24) is 40.2 Å². The SMILES string of the molecule is O=C1CCC(N2C(=O)c3ccc(N4CCC5(CC4)CN(CCCCC(=O)N4CCC(Nc6cc(C(=O)NC[C@H](O)CN7CCc8ccccc8C7)ncn6)CC4)C5)cc3C2=O)C(=O)N1. The number of fused-ring (bicyclic) bond motifs is 2. The van der Waals surface area contributed by atoms with Crippen molar-refractivity contribution in [2.75, 3.05) is 75.7 Å². The summed E-state index contributed by atoms with van der Waals surface area (Å²) in [5.41, 5.74) is 4.65. The van der Waals surface area contributed by atoms with Gasteiger partial charge in [-0.15, -0.1) is 0 Å². The molecule has 0 aliphatic carbocycles. The molecule has 7 heterocycles. The molecule has 4 saturated heterocycles. The summed E-state index contributed by atoms with van der Waals surface area (Å²) in [6, 6.07) is 14.5. The third-order valence-corrected chi connectivity index (χ3v) is 14.1. The number of aromatic nitrogens is 2. The monoisotopic (exact) mass is 874 g/mol. The first-order valence-electron chi connectivity index (χ1n) is 23.0. The number of rotatable bonds is 14. The summed E-state index contributed by atoms with van der Waals surface area (Å²) in [7, 11) is 0. The highest BCUT2D eigenvalue weighted by molar-refractivity contribution is 6.23. The summed E-state index contributed by atoms with van der Waals surface area (Å²) in [6.07, 6.45) is 7.84. The number of likely N-dealkylation sites (tertiary alicyclic amines) is 2. The van der Waals surface area contributed by atoms with Gasteiger partial charge in [-0.05, 0) is 92.7 Å². The molecule has 4 N–H and O–H groups in total. The molecule has 4 fully saturated rings. The molecule has 2 aromatic carbocycles. The smallest absolute Gasteiger partial charge is 0.270 e. The third-order valence-electron chi connectivity index (χ3n) is 14.1. The summed E-state index contributed by atoms with van der Waals surface area (Å²) in [5, 5.41) is 19.1. The fourth-order valence-corrected chi connectivity index (χ4v) is 10.5. The number of carbonyl (C=O) groups excluding carboxylic acids is 6. The number of nitrogens with zero attached hydrogens (tertiary/aromatic N) is 7. The van der Waals surface area contributed by atoms with E-state index in [1.165, 1.54) is 17.5 Å². The average molecular weight is 875 g/mol. The second kappa shape index (κ2) is 18.7. The number of piperidine rings is 3. The molecule has 0 bridgehead atoms. The first-order valence-corrected chi connectivity index (χ1v) is 23.0. The van der Waals surface area contributed by atoms with Crippen LogP contribution in [0, 0.1) is 5.41 Å². The molecular formula is C47H58N10O7. The normalized spacial score (nSPS) is 21.9. The molecule has 0 radical (unpaired) electrons. The van der Waals surface area contributed by atoms with E-state index < -0.39 is 35.8 Å². The summed E-state index contributed by atoms with van der Waals surface area (Å²) in [5.74, 6) is -1.58. The Hall–Kier alpha value is -5.78.